The fraction of sp³-hybridized carbons (Fsp3) is 0.318. The van der Waals surface area contributed by atoms with Gasteiger partial charge in [-0.2, -0.15) is 5.26 Å². The van der Waals surface area contributed by atoms with Crippen LogP contribution in [0.25, 0.3) is 0 Å². The minimum absolute atomic E-state index is 0. The van der Waals surface area contributed by atoms with Gasteiger partial charge in [0, 0.05) is 0 Å². The van der Waals surface area contributed by atoms with Crippen molar-refractivity contribution < 1.29 is 39.9 Å². The molecule has 3 rings (SSSR count). The number of aliphatic carboxylic acids is 2. The molecule has 0 saturated carbocycles. The van der Waals surface area contributed by atoms with Crippen LogP contribution >= 0.6 is 0 Å². The minimum Gasteiger partial charge on any atom is -0.473 e. The van der Waals surface area contributed by atoms with Gasteiger partial charge in [0.2, 0.25) is 0 Å². The van der Waals surface area contributed by atoms with Gasteiger partial charge >= 0.3 is 11.9 Å². The third-order valence-corrected chi connectivity index (χ3v) is 4.77. The molecular weight excluding hydrogens is 423 g/mol. The van der Waals surface area contributed by atoms with Gasteiger partial charge in [-0.15, -0.1) is 0 Å². The molecule has 0 aliphatic carbocycles. The van der Waals surface area contributed by atoms with Crippen LogP contribution < -0.4 is 0 Å². The van der Waals surface area contributed by atoms with E-state index in [1.54, 1.807) is 12.1 Å². The maximum absolute atomic E-state index is 13.4. The van der Waals surface area contributed by atoms with Crippen LogP contribution in [0.2, 0.25) is 0 Å². The SMILES string of the molecule is CN(C)CCC[C@]1(c2ccc(F)cc2)OCc2cc(C#N)ccc21.O.O.O=C(O)C(=O)O. The molecule has 1 heterocycles. The molecule has 174 valence electrons. The van der Waals surface area contributed by atoms with Crippen molar-refractivity contribution in [3.63, 3.8) is 0 Å². The van der Waals surface area contributed by atoms with E-state index >= 15 is 0 Å². The van der Waals surface area contributed by atoms with Gasteiger partial charge in [-0.1, -0.05) is 18.2 Å². The molecule has 0 unspecified atom stereocenters. The summed E-state index contributed by atoms with van der Waals surface area (Å²) in [6, 6.07) is 14.5. The number of halogens is 1. The van der Waals surface area contributed by atoms with Crippen LogP contribution in [-0.2, 0) is 26.5 Å². The van der Waals surface area contributed by atoms with Crippen LogP contribution in [0.4, 0.5) is 4.39 Å². The lowest BCUT2D eigenvalue weighted by atomic mass is 9.81. The fourth-order valence-corrected chi connectivity index (χ4v) is 3.41. The van der Waals surface area contributed by atoms with Crippen molar-refractivity contribution in [3.05, 3.63) is 70.5 Å². The van der Waals surface area contributed by atoms with Crippen molar-refractivity contribution >= 4 is 11.9 Å². The van der Waals surface area contributed by atoms with Gasteiger partial charge in [0.15, 0.2) is 0 Å². The van der Waals surface area contributed by atoms with Crippen LogP contribution in [0.3, 0.4) is 0 Å². The van der Waals surface area contributed by atoms with E-state index < -0.39 is 17.5 Å². The van der Waals surface area contributed by atoms with Crippen LogP contribution in [0, 0.1) is 17.1 Å². The smallest absolute Gasteiger partial charge is 0.414 e. The second-order valence-electron chi connectivity index (χ2n) is 7.12. The summed E-state index contributed by atoms with van der Waals surface area (Å²) in [6.07, 6.45) is 1.78. The molecule has 1 atom stereocenters. The Morgan fingerprint density at radius 3 is 2.22 bits per heavy atom. The van der Waals surface area contributed by atoms with Crippen molar-refractivity contribution in [2.24, 2.45) is 0 Å². The van der Waals surface area contributed by atoms with Crippen LogP contribution in [-0.4, -0.2) is 58.6 Å². The third-order valence-electron chi connectivity index (χ3n) is 4.77. The number of hydrogen-bond donors (Lipinski definition) is 2. The zero-order chi connectivity index (χ0) is 22.3. The predicted molar refractivity (Wildman–Crippen MR) is 113 cm³/mol. The highest BCUT2D eigenvalue weighted by molar-refractivity contribution is 6.27. The van der Waals surface area contributed by atoms with Gasteiger partial charge in [0.25, 0.3) is 0 Å². The first kappa shape index (κ1) is 28.6. The molecule has 0 aromatic heterocycles. The lowest BCUT2D eigenvalue weighted by Crippen LogP contribution is -2.28. The molecule has 0 bridgehead atoms. The lowest BCUT2D eigenvalue weighted by Gasteiger charge is -2.31. The molecule has 32 heavy (non-hydrogen) atoms. The summed E-state index contributed by atoms with van der Waals surface area (Å²) in [4.78, 5) is 20.3. The number of rotatable bonds is 5. The Labute approximate surface area is 184 Å². The van der Waals surface area contributed by atoms with Gasteiger partial charge < -0.3 is 30.8 Å². The largest absolute Gasteiger partial charge is 0.473 e. The highest BCUT2D eigenvalue weighted by atomic mass is 19.1. The van der Waals surface area contributed by atoms with Crippen molar-refractivity contribution in [1.82, 2.24) is 4.90 Å². The molecule has 10 heteroatoms. The van der Waals surface area contributed by atoms with Gasteiger partial charge in [-0.3, -0.25) is 0 Å². The van der Waals surface area contributed by atoms with E-state index in [1.165, 1.54) is 12.1 Å². The molecule has 2 aromatic carbocycles. The topological polar surface area (TPSA) is 174 Å². The monoisotopic (exact) mass is 450 g/mol. The van der Waals surface area contributed by atoms with E-state index in [4.69, 9.17) is 29.8 Å². The van der Waals surface area contributed by atoms with E-state index in [-0.39, 0.29) is 16.8 Å². The maximum Gasteiger partial charge on any atom is 0.414 e. The average Bonchev–Trinajstić information content (AvgIpc) is 3.07. The number of fused-ring (bicyclic) bond motifs is 1. The standard InChI is InChI=1S/C20H21FN2O.C2H2O4.2H2O/c1-23(2)11-3-10-20(17-5-7-18(21)8-6-17)19-9-4-15(13-22)12-16(19)14-24-20;3-1(4)2(5)6;;/h4-9,12H,3,10-11,14H2,1-2H3;(H,3,4)(H,5,6);2*1H2/t20-;;;/m1.../s1. The summed E-state index contributed by atoms with van der Waals surface area (Å²) in [5.41, 5.74) is 3.18. The molecule has 1 aliphatic heterocycles. The summed E-state index contributed by atoms with van der Waals surface area (Å²) in [5, 5.41) is 23.9. The van der Waals surface area contributed by atoms with Crippen LogP contribution in [0.5, 0.6) is 0 Å². The third kappa shape index (κ3) is 6.83. The first-order valence-electron chi connectivity index (χ1n) is 9.24. The fourth-order valence-electron chi connectivity index (χ4n) is 3.41. The van der Waals surface area contributed by atoms with Crippen molar-refractivity contribution in [2.45, 2.75) is 25.0 Å². The average molecular weight is 450 g/mol. The molecule has 0 radical (unpaired) electrons. The molecule has 0 fully saturated rings. The Morgan fingerprint density at radius 2 is 1.72 bits per heavy atom. The number of ether oxygens (including phenoxy) is 1. The van der Waals surface area contributed by atoms with E-state index in [1.807, 2.05) is 32.3 Å². The van der Waals surface area contributed by atoms with Gasteiger partial charge in [0.05, 0.1) is 18.2 Å². The zero-order valence-corrected chi connectivity index (χ0v) is 17.8. The lowest BCUT2D eigenvalue weighted by molar-refractivity contribution is -0.159. The van der Waals surface area contributed by atoms with E-state index in [2.05, 4.69) is 11.0 Å². The Bertz CT molecular complexity index is 946. The maximum atomic E-state index is 13.4. The van der Waals surface area contributed by atoms with Gasteiger partial charge in [0.1, 0.15) is 11.4 Å². The van der Waals surface area contributed by atoms with Gasteiger partial charge in [-0.25, -0.2) is 14.0 Å². The summed E-state index contributed by atoms with van der Waals surface area (Å²) < 4.78 is 19.6. The number of nitriles is 1. The summed E-state index contributed by atoms with van der Waals surface area (Å²) in [7, 11) is 4.10. The summed E-state index contributed by atoms with van der Waals surface area (Å²) >= 11 is 0. The second kappa shape index (κ2) is 12.5. The number of nitrogens with zero attached hydrogens (tertiary/aromatic N) is 2. The highest BCUT2D eigenvalue weighted by Gasteiger charge is 2.41. The molecule has 9 nitrogen and oxygen atoms in total. The Kier molecular flexibility index (Phi) is 11.2. The number of carboxylic acids is 2. The first-order valence-corrected chi connectivity index (χ1v) is 9.24. The number of hydrogen-bond acceptors (Lipinski definition) is 5. The molecule has 6 N–H and O–H groups in total. The minimum atomic E-state index is -1.82. The number of carboxylic acid groups (broad SMARTS) is 2. The molecule has 1 aliphatic rings. The van der Waals surface area contributed by atoms with Crippen LogP contribution in [0.1, 0.15) is 35.1 Å². The van der Waals surface area contributed by atoms with Crippen molar-refractivity contribution in [3.8, 4) is 6.07 Å². The van der Waals surface area contributed by atoms with Crippen molar-refractivity contribution in [1.29, 1.82) is 5.26 Å². The molecule has 0 saturated heterocycles. The van der Waals surface area contributed by atoms with E-state index in [9.17, 15) is 4.39 Å². The molecule has 0 amide bonds. The second-order valence-corrected chi connectivity index (χ2v) is 7.12. The number of benzene rings is 2. The molecular formula is C22H27FN2O7. The highest BCUT2D eigenvalue weighted by Crippen LogP contribution is 2.45. The van der Waals surface area contributed by atoms with Crippen molar-refractivity contribution in [2.75, 3.05) is 20.6 Å². The van der Waals surface area contributed by atoms with Gasteiger partial charge in [-0.05, 0) is 74.4 Å². The zero-order valence-electron chi connectivity index (χ0n) is 17.8. The Hall–Kier alpha value is -3.36. The normalized spacial score (nSPS) is 15.8. The van der Waals surface area contributed by atoms with E-state index in [0.29, 0.717) is 12.2 Å². The Balaban J connectivity index is 0.00000107. The number of carbonyl (C=O) groups is 2. The quantitative estimate of drug-likeness (QED) is 0.646. The predicted octanol–water partition coefficient (Wildman–Crippen LogP) is 1.32. The summed E-state index contributed by atoms with van der Waals surface area (Å²) in [6.45, 7) is 1.43. The molecule has 2 aromatic rings. The first-order chi connectivity index (χ1) is 14.2. The summed E-state index contributed by atoms with van der Waals surface area (Å²) in [5.74, 6) is -3.90. The molecule has 0 spiro atoms. The Morgan fingerprint density at radius 1 is 1.12 bits per heavy atom. The van der Waals surface area contributed by atoms with E-state index in [0.717, 1.165) is 36.1 Å². The van der Waals surface area contributed by atoms with Crippen LogP contribution in [0.15, 0.2) is 42.5 Å².